The van der Waals surface area contributed by atoms with Crippen molar-refractivity contribution in [2.24, 2.45) is 0 Å². The lowest BCUT2D eigenvalue weighted by atomic mass is 9.94. The Bertz CT molecular complexity index is 348. The Morgan fingerprint density at radius 2 is 1.86 bits per heavy atom. The molecule has 0 spiro atoms. The van der Waals surface area contributed by atoms with Gasteiger partial charge < -0.3 is 19.5 Å². The zero-order valence-electron chi connectivity index (χ0n) is 13.4. The van der Waals surface area contributed by atoms with Crippen LogP contribution >= 0.6 is 0 Å². The van der Waals surface area contributed by atoms with E-state index in [1.54, 1.807) is 0 Å². The molecule has 122 valence electrons. The van der Waals surface area contributed by atoms with Crippen molar-refractivity contribution >= 4 is 5.91 Å². The highest BCUT2D eigenvalue weighted by molar-refractivity contribution is 5.78. The molecule has 2 fully saturated rings. The summed E-state index contributed by atoms with van der Waals surface area (Å²) in [6.45, 7) is 7.31. The van der Waals surface area contributed by atoms with Gasteiger partial charge in [-0.05, 0) is 20.9 Å². The average Bonchev–Trinajstić information content (AvgIpc) is 2.37. The Morgan fingerprint density at radius 1 is 1.29 bits per heavy atom. The first-order valence-corrected chi connectivity index (χ1v) is 7.80. The van der Waals surface area contributed by atoms with Gasteiger partial charge in [0.05, 0.1) is 24.4 Å². The number of rotatable bonds is 4. The summed E-state index contributed by atoms with van der Waals surface area (Å²) in [6.07, 6.45) is 1.44. The maximum Gasteiger partial charge on any atom is 0.236 e. The number of carbonyl (C=O) groups excluding carboxylic acids is 1. The van der Waals surface area contributed by atoms with Crippen molar-refractivity contribution in [3.8, 4) is 0 Å². The summed E-state index contributed by atoms with van der Waals surface area (Å²) >= 11 is 0. The Kier molecular flexibility index (Phi) is 5.60. The van der Waals surface area contributed by atoms with Gasteiger partial charge >= 0.3 is 0 Å². The van der Waals surface area contributed by atoms with Crippen LogP contribution in [0.3, 0.4) is 0 Å². The summed E-state index contributed by atoms with van der Waals surface area (Å²) < 4.78 is 10.9. The fraction of sp³-hybridized carbons (Fsp3) is 0.933. The summed E-state index contributed by atoms with van der Waals surface area (Å²) in [4.78, 5) is 16.1. The number of hydrogen-bond donors (Lipinski definition) is 1. The first-order valence-electron chi connectivity index (χ1n) is 7.80. The van der Waals surface area contributed by atoms with Crippen LogP contribution in [0.4, 0.5) is 0 Å². The van der Waals surface area contributed by atoms with Crippen molar-refractivity contribution < 1.29 is 19.4 Å². The molecule has 2 rings (SSSR count). The molecule has 1 N–H and O–H groups in total. The van der Waals surface area contributed by atoms with Crippen LogP contribution in [-0.4, -0.2) is 85.1 Å². The van der Waals surface area contributed by atoms with E-state index in [0.717, 1.165) is 0 Å². The Balaban J connectivity index is 1.81. The summed E-state index contributed by atoms with van der Waals surface area (Å²) in [5, 5.41) is 10.5. The fourth-order valence-corrected chi connectivity index (χ4v) is 3.18. The van der Waals surface area contributed by atoms with Gasteiger partial charge in [-0.1, -0.05) is 0 Å². The Labute approximate surface area is 127 Å². The second kappa shape index (κ2) is 7.05. The van der Waals surface area contributed by atoms with Gasteiger partial charge in [0.15, 0.2) is 0 Å². The van der Waals surface area contributed by atoms with Gasteiger partial charge in [-0.15, -0.1) is 0 Å². The molecular weight excluding hydrogens is 272 g/mol. The van der Waals surface area contributed by atoms with E-state index in [4.69, 9.17) is 9.47 Å². The fourth-order valence-electron chi connectivity index (χ4n) is 3.18. The zero-order chi connectivity index (χ0) is 15.5. The normalized spacial score (nSPS) is 29.7. The van der Waals surface area contributed by atoms with Crippen LogP contribution in [0.1, 0.15) is 26.7 Å². The Hall–Kier alpha value is -0.690. The van der Waals surface area contributed by atoms with Crippen LogP contribution in [0.5, 0.6) is 0 Å². The minimum Gasteiger partial charge on any atom is -0.388 e. The number of aliphatic hydroxyl groups is 1. The molecule has 0 radical (unpaired) electrons. The Morgan fingerprint density at radius 3 is 2.43 bits per heavy atom. The number of likely N-dealkylation sites (N-methyl/N-ethyl adjacent to an activating group) is 1. The SMILES string of the molecule is CC1CN(C(=O)CN(C)CC2(O)CCOCC2)CC(C)O1. The van der Waals surface area contributed by atoms with Crippen molar-refractivity contribution in [1.82, 2.24) is 9.80 Å². The van der Waals surface area contributed by atoms with Crippen molar-refractivity contribution in [1.29, 1.82) is 0 Å². The van der Waals surface area contributed by atoms with Crippen LogP contribution in [-0.2, 0) is 14.3 Å². The highest BCUT2D eigenvalue weighted by Gasteiger charge is 2.32. The minimum atomic E-state index is -0.723. The molecule has 2 atom stereocenters. The number of morpholine rings is 1. The summed E-state index contributed by atoms with van der Waals surface area (Å²) in [5.74, 6) is 0.107. The van der Waals surface area contributed by atoms with Gasteiger partial charge in [0, 0.05) is 45.7 Å². The molecule has 6 heteroatoms. The first-order chi connectivity index (χ1) is 9.88. The molecule has 0 saturated carbocycles. The predicted molar refractivity (Wildman–Crippen MR) is 79.1 cm³/mol. The number of carbonyl (C=O) groups is 1. The molecule has 21 heavy (non-hydrogen) atoms. The highest BCUT2D eigenvalue weighted by atomic mass is 16.5. The van der Waals surface area contributed by atoms with E-state index in [1.807, 2.05) is 30.7 Å². The molecule has 2 saturated heterocycles. The van der Waals surface area contributed by atoms with Crippen LogP contribution < -0.4 is 0 Å². The minimum absolute atomic E-state index is 0.0858. The lowest BCUT2D eigenvalue weighted by Crippen LogP contribution is -2.52. The molecule has 0 aliphatic carbocycles. The van der Waals surface area contributed by atoms with Crippen LogP contribution in [0.25, 0.3) is 0 Å². The van der Waals surface area contributed by atoms with Gasteiger partial charge in [-0.25, -0.2) is 0 Å². The summed E-state index contributed by atoms with van der Waals surface area (Å²) in [6, 6.07) is 0. The van der Waals surface area contributed by atoms with E-state index in [0.29, 0.717) is 52.2 Å². The smallest absolute Gasteiger partial charge is 0.236 e. The van der Waals surface area contributed by atoms with E-state index in [-0.39, 0.29) is 18.1 Å². The number of hydrogen-bond acceptors (Lipinski definition) is 5. The molecule has 2 heterocycles. The molecule has 0 aromatic heterocycles. The van der Waals surface area contributed by atoms with Crippen molar-refractivity contribution in [3.05, 3.63) is 0 Å². The number of ether oxygens (including phenoxy) is 2. The van der Waals surface area contributed by atoms with Gasteiger partial charge in [0.1, 0.15) is 0 Å². The van der Waals surface area contributed by atoms with E-state index in [1.165, 1.54) is 0 Å². The summed E-state index contributed by atoms with van der Waals surface area (Å²) in [5.41, 5.74) is -0.723. The number of nitrogens with zero attached hydrogens (tertiary/aromatic N) is 2. The molecule has 1 amide bonds. The largest absolute Gasteiger partial charge is 0.388 e. The molecule has 6 nitrogen and oxygen atoms in total. The monoisotopic (exact) mass is 300 g/mol. The maximum atomic E-state index is 12.4. The summed E-state index contributed by atoms with van der Waals surface area (Å²) in [7, 11) is 1.89. The van der Waals surface area contributed by atoms with Crippen LogP contribution in [0.2, 0.25) is 0 Å². The standard InChI is InChI=1S/C15H28N2O4/c1-12-8-17(9-13(2)21-12)14(18)10-16(3)11-15(19)4-6-20-7-5-15/h12-13,19H,4-11H2,1-3H3. The van der Waals surface area contributed by atoms with Crippen molar-refractivity contribution in [2.45, 2.75) is 44.5 Å². The first kappa shape index (κ1) is 16.7. The second-order valence-corrected chi connectivity index (χ2v) is 6.57. The lowest BCUT2D eigenvalue weighted by molar-refractivity contribution is -0.145. The third kappa shape index (κ3) is 4.92. The predicted octanol–water partition coefficient (Wildman–Crippen LogP) is 0.0955. The van der Waals surface area contributed by atoms with E-state index < -0.39 is 5.60 Å². The zero-order valence-corrected chi connectivity index (χ0v) is 13.4. The molecule has 0 aromatic carbocycles. The van der Waals surface area contributed by atoms with Crippen LogP contribution in [0.15, 0.2) is 0 Å². The van der Waals surface area contributed by atoms with E-state index >= 15 is 0 Å². The molecule has 2 aliphatic heterocycles. The third-order valence-electron chi connectivity index (χ3n) is 4.17. The van der Waals surface area contributed by atoms with Gasteiger partial charge in [0.2, 0.25) is 5.91 Å². The average molecular weight is 300 g/mol. The van der Waals surface area contributed by atoms with E-state index in [9.17, 15) is 9.90 Å². The lowest BCUT2D eigenvalue weighted by Gasteiger charge is -2.38. The molecule has 0 aromatic rings. The molecule has 2 aliphatic rings. The van der Waals surface area contributed by atoms with Gasteiger partial charge in [-0.2, -0.15) is 0 Å². The van der Waals surface area contributed by atoms with Gasteiger partial charge in [-0.3, -0.25) is 9.69 Å². The second-order valence-electron chi connectivity index (χ2n) is 6.57. The quantitative estimate of drug-likeness (QED) is 0.797. The van der Waals surface area contributed by atoms with Crippen molar-refractivity contribution in [3.63, 3.8) is 0 Å². The van der Waals surface area contributed by atoms with Crippen LogP contribution in [0, 0.1) is 0 Å². The van der Waals surface area contributed by atoms with Gasteiger partial charge in [0.25, 0.3) is 0 Å². The third-order valence-corrected chi connectivity index (χ3v) is 4.17. The van der Waals surface area contributed by atoms with E-state index in [2.05, 4.69) is 0 Å². The molecular formula is C15H28N2O4. The molecule has 0 bridgehead atoms. The van der Waals surface area contributed by atoms with Crippen molar-refractivity contribution in [2.75, 3.05) is 46.4 Å². The highest BCUT2D eigenvalue weighted by Crippen LogP contribution is 2.21. The topological polar surface area (TPSA) is 62.2 Å². The maximum absolute atomic E-state index is 12.4. The number of amides is 1. The molecule has 2 unspecified atom stereocenters.